The van der Waals surface area contributed by atoms with Crippen molar-refractivity contribution in [2.75, 3.05) is 5.32 Å². The SMILES string of the molecule is [CH2][C@@H]1CC(C)CC(C)(C)[C@@H]1Nc1ccc(OC(F)(F)F)cc1. The van der Waals surface area contributed by atoms with Gasteiger partial charge in [0, 0.05) is 11.7 Å². The van der Waals surface area contributed by atoms with Gasteiger partial charge in [-0.25, -0.2) is 0 Å². The van der Waals surface area contributed by atoms with Crippen LogP contribution in [0.1, 0.15) is 33.6 Å². The summed E-state index contributed by atoms with van der Waals surface area (Å²) in [6, 6.07) is 6.07. The topological polar surface area (TPSA) is 21.3 Å². The molecule has 0 aromatic heterocycles. The first-order valence-electron chi connectivity index (χ1n) is 7.52. The average Bonchev–Trinajstić information content (AvgIpc) is 2.33. The average molecular weight is 314 g/mol. The fourth-order valence-electron chi connectivity index (χ4n) is 3.64. The van der Waals surface area contributed by atoms with Crippen LogP contribution < -0.4 is 10.1 Å². The zero-order chi connectivity index (χ0) is 16.5. The van der Waals surface area contributed by atoms with Crippen LogP contribution in [-0.4, -0.2) is 12.4 Å². The monoisotopic (exact) mass is 314 g/mol. The summed E-state index contributed by atoms with van der Waals surface area (Å²) < 4.78 is 40.4. The lowest BCUT2D eigenvalue weighted by Gasteiger charge is -2.46. The number of benzene rings is 1. The highest BCUT2D eigenvalue weighted by atomic mass is 19.4. The van der Waals surface area contributed by atoms with Gasteiger partial charge in [0.25, 0.3) is 0 Å². The van der Waals surface area contributed by atoms with Crippen molar-refractivity contribution in [3.63, 3.8) is 0 Å². The molecule has 1 aromatic carbocycles. The van der Waals surface area contributed by atoms with Gasteiger partial charge in [-0.1, -0.05) is 20.8 Å². The molecule has 0 spiro atoms. The highest BCUT2D eigenvalue weighted by Crippen LogP contribution is 2.43. The second-order valence-electron chi connectivity index (χ2n) is 6.99. The molecule has 1 unspecified atom stereocenters. The summed E-state index contributed by atoms with van der Waals surface area (Å²) in [5.74, 6) is 0.698. The van der Waals surface area contributed by atoms with Crippen molar-refractivity contribution in [1.82, 2.24) is 0 Å². The van der Waals surface area contributed by atoms with E-state index in [4.69, 9.17) is 0 Å². The molecule has 0 heterocycles. The first-order chi connectivity index (χ1) is 10.1. The summed E-state index contributed by atoms with van der Waals surface area (Å²) in [5.41, 5.74) is 0.876. The van der Waals surface area contributed by atoms with E-state index in [2.05, 4.69) is 37.7 Å². The Morgan fingerprint density at radius 1 is 1.23 bits per heavy atom. The molecular weight excluding hydrogens is 291 g/mol. The molecule has 5 heteroatoms. The summed E-state index contributed by atoms with van der Waals surface area (Å²) in [6.07, 6.45) is -2.50. The number of rotatable bonds is 3. The van der Waals surface area contributed by atoms with Crippen LogP contribution >= 0.6 is 0 Å². The van der Waals surface area contributed by atoms with Crippen molar-refractivity contribution in [3.8, 4) is 5.75 Å². The van der Waals surface area contributed by atoms with E-state index >= 15 is 0 Å². The zero-order valence-corrected chi connectivity index (χ0v) is 13.2. The van der Waals surface area contributed by atoms with Gasteiger partial charge in [-0.3, -0.25) is 0 Å². The molecule has 2 rings (SSSR count). The van der Waals surface area contributed by atoms with E-state index in [0.29, 0.717) is 5.92 Å². The highest BCUT2D eigenvalue weighted by Gasteiger charge is 2.39. The molecule has 3 atom stereocenters. The van der Waals surface area contributed by atoms with Crippen molar-refractivity contribution < 1.29 is 17.9 Å². The number of anilines is 1. The van der Waals surface area contributed by atoms with Crippen LogP contribution in [0.4, 0.5) is 18.9 Å². The quantitative estimate of drug-likeness (QED) is 0.820. The number of hydrogen-bond donors (Lipinski definition) is 1. The van der Waals surface area contributed by atoms with Gasteiger partial charge in [-0.15, -0.1) is 13.2 Å². The smallest absolute Gasteiger partial charge is 0.406 e. The van der Waals surface area contributed by atoms with Crippen LogP contribution in [0.2, 0.25) is 0 Å². The third kappa shape index (κ3) is 4.31. The van der Waals surface area contributed by atoms with Gasteiger partial charge >= 0.3 is 6.36 Å². The Labute approximate surface area is 130 Å². The summed E-state index contributed by atoms with van der Waals surface area (Å²) in [6.45, 7) is 10.9. The number of alkyl halides is 3. The molecule has 0 aliphatic heterocycles. The third-order valence-corrected chi connectivity index (χ3v) is 4.30. The molecule has 22 heavy (non-hydrogen) atoms. The molecular formula is C17H23F3NO. The molecule has 0 saturated heterocycles. The molecule has 1 aliphatic carbocycles. The minimum Gasteiger partial charge on any atom is -0.406 e. The number of nitrogens with one attached hydrogen (secondary N) is 1. The van der Waals surface area contributed by atoms with Crippen molar-refractivity contribution in [2.24, 2.45) is 17.3 Å². The van der Waals surface area contributed by atoms with Crippen molar-refractivity contribution in [3.05, 3.63) is 31.2 Å². The Morgan fingerprint density at radius 3 is 2.32 bits per heavy atom. The van der Waals surface area contributed by atoms with Crippen molar-refractivity contribution in [1.29, 1.82) is 0 Å². The van der Waals surface area contributed by atoms with E-state index in [0.717, 1.165) is 18.5 Å². The molecule has 1 saturated carbocycles. The summed E-state index contributed by atoms with van der Waals surface area (Å²) >= 11 is 0. The second kappa shape index (κ2) is 6.01. The Hall–Kier alpha value is -1.39. The molecule has 1 aliphatic rings. The first kappa shape index (κ1) is 17.0. The van der Waals surface area contributed by atoms with Gasteiger partial charge in [0.05, 0.1) is 0 Å². The molecule has 1 aromatic rings. The predicted molar refractivity (Wildman–Crippen MR) is 81.6 cm³/mol. The van der Waals surface area contributed by atoms with Crippen LogP contribution in [-0.2, 0) is 0 Å². The van der Waals surface area contributed by atoms with E-state index in [9.17, 15) is 13.2 Å². The molecule has 1 radical (unpaired) electrons. The van der Waals surface area contributed by atoms with E-state index in [1.165, 1.54) is 12.1 Å². The first-order valence-corrected chi connectivity index (χ1v) is 7.52. The maximum atomic E-state index is 12.2. The van der Waals surface area contributed by atoms with E-state index in [1.54, 1.807) is 12.1 Å². The fourth-order valence-corrected chi connectivity index (χ4v) is 3.64. The molecule has 1 N–H and O–H groups in total. The standard InChI is InChI=1S/C17H23F3NO/c1-11-9-12(2)15(16(3,4)10-11)21-13-5-7-14(8-6-13)22-17(18,19)20/h5-8,11-12,15,21H,2,9-10H2,1,3-4H3/t11?,12-,15-/m1/s1. The molecule has 0 bridgehead atoms. The molecule has 0 amide bonds. The van der Waals surface area contributed by atoms with Crippen molar-refractivity contribution in [2.45, 2.75) is 46.0 Å². The highest BCUT2D eigenvalue weighted by molar-refractivity contribution is 5.47. The normalized spacial score (nSPS) is 28.2. The van der Waals surface area contributed by atoms with Gasteiger partial charge in [-0.05, 0) is 61.3 Å². The summed E-state index contributed by atoms with van der Waals surface area (Å²) in [7, 11) is 0. The lowest BCUT2D eigenvalue weighted by atomic mass is 9.65. The van der Waals surface area contributed by atoms with Gasteiger partial charge in [0.2, 0.25) is 0 Å². The lowest BCUT2D eigenvalue weighted by molar-refractivity contribution is -0.274. The number of ether oxygens (including phenoxy) is 1. The van der Waals surface area contributed by atoms with Gasteiger partial charge in [0.1, 0.15) is 5.75 Å². The van der Waals surface area contributed by atoms with Crippen LogP contribution in [0, 0.1) is 24.2 Å². The predicted octanol–water partition coefficient (Wildman–Crippen LogP) is 5.27. The minimum absolute atomic E-state index is 0.0885. The van der Waals surface area contributed by atoms with Gasteiger partial charge in [-0.2, -0.15) is 0 Å². The number of halogens is 3. The van der Waals surface area contributed by atoms with E-state index in [1.807, 2.05) is 0 Å². The molecule has 1 fully saturated rings. The van der Waals surface area contributed by atoms with Gasteiger partial charge in [0.15, 0.2) is 0 Å². The molecule has 2 nitrogen and oxygen atoms in total. The van der Waals surface area contributed by atoms with Crippen molar-refractivity contribution >= 4 is 5.69 Å². The number of hydrogen-bond acceptors (Lipinski definition) is 2. The lowest BCUT2D eigenvalue weighted by Crippen LogP contribution is -2.46. The zero-order valence-electron chi connectivity index (χ0n) is 13.2. The van der Waals surface area contributed by atoms with E-state index < -0.39 is 6.36 Å². The molecule has 123 valence electrons. The Morgan fingerprint density at radius 2 is 1.82 bits per heavy atom. The Kier molecular flexibility index (Phi) is 4.64. The summed E-state index contributed by atoms with van der Waals surface area (Å²) in [5, 5.41) is 3.43. The minimum atomic E-state index is -4.66. The third-order valence-electron chi connectivity index (χ3n) is 4.30. The van der Waals surface area contributed by atoms with Gasteiger partial charge < -0.3 is 10.1 Å². The van der Waals surface area contributed by atoms with Crippen LogP contribution in [0.25, 0.3) is 0 Å². The van der Waals surface area contributed by atoms with Crippen LogP contribution in [0.5, 0.6) is 5.75 Å². The maximum absolute atomic E-state index is 12.2. The van der Waals surface area contributed by atoms with Crippen LogP contribution in [0.15, 0.2) is 24.3 Å². The summed E-state index contributed by atoms with van der Waals surface area (Å²) in [4.78, 5) is 0. The fraction of sp³-hybridized carbons (Fsp3) is 0.588. The largest absolute Gasteiger partial charge is 0.573 e. The Bertz CT molecular complexity index is 496. The Balaban J connectivity index is 2.07. The van der Waals surface area contributed by atoms with E-state index in [-0.39, 0.29) is 23.1 Å². The van der Waals surface area contributed by atoms with Crippen LogP contribution in [0.3, 0.4) is 0 Å². The second-order valence-corrected chi connectivity index (χ2v) is 6.99. The maximum Gasteiger partial charge on any atom is 0.573 e.